The van der Waals surface area contributed by atoms with Crippen molar-refractivity contribution in [2.24, 2.45) is 5.92 Å². The van der Waals surface area contributed by atoms with E-state index < -0.39 is 25.9 Å². The minimum atomic E-state index is -1.97. The molecule has 0 bridgehead atoms. The van der Waals surface area contributed by atoms with Crippen molar-refractivity contribution in [3.8, 4) is 5.75 Å². The fourth-order valence-electron chi connectivity index (χ4n) is 3.25. The summed E-state index contributed by atoms with van der Waals surface area (Å²) in [7, 11) is -1.33. The number of hydrogen-bond donors (Lipinski definition) is 0. The monoisotopic (exact) mass is 362 g/mol. The molecule has 0 aromatic heterocycles. The summed E-state index contributed by atoms with van der Waals surface area (Å²) in [6.45, 7) is 18.3. The average molecular weight is 362 g/mol. The van der Waals surface area contributed by atoms with Crippen molar-refractivity contribution in [1.82, 2.24) is 0 Å². The molecule has 1 atom stereocenters. The van der Waals surface area contributed by atoms with E-state index in [4.69, 9.17) is 3.32 Å². The van der Waals surface area contributed by atoms with Crippen LogP contribution >= 0.6 is 0 Å². The summed E-state index contributed by atoms with van der Waals surface area (Å²) in [5, 5.41) is 1.47. The van der Waals surface area contributed by atoms with Gasteiger partial charge in [0.2, 0.25) is 0 Å². The molecule has 0 N–H and O–H groups in total. The van der Waals surface area contributed by atoms with Gasteiger partial charge in [-0.25, -0.2) is 0 Å². The van der Waals surface area contributed by atoms with E-state index in [0.29, 0.717) is 5.92 Å². The van der Waals surface area contributed by atoms with Crippen LogP contribution in [-0.2, 0) is 17.8 Å². The molecule has 23 heavy (non-hydrogen) atoms. The molecule has 1 aliphatic rings. The van der Waals surface area contributed by atoms with Gasteiger partial charge in [-0.3, -0.25) is 0 Å². The van der Waals surface area contributed by atoms with E-state index in [0.717, 1.165) is 5.75 Å². The van der Waals surface area contributed by atoms with E-state index in [9.17, 15) is 0 Å². The fourth-order valence-corrected chi connectivity index (χ4v) is 7.33. The van der Waals surface area contributed by atoms with Crippen molar-refractivity contribution in [3.05, 3.63) is 44.4 Å². The van der Waals surface area contributed by atoms with Gasteiger partial charge < -0.3 is 0 Å². The fraction of sp³-hybridized carbons (Fsp3) is 0.450. The predicted octanol–water partition coefficient (Wildman–Crippen LogP) is 5.14. The normalized spacial score (nSPS) is 18.7. The molecule has 1 aliphatic carbocycles. The maximum absolute atomic E-state index is 6.45. The quantitative estimate of drug-likeness (QED) is 0.674. The Hall–Kier alpha value is -0.699. The zero-order chi connectivity index (χ0) is 17.5. The summed E-state index contributed by atoms with van der Waals surface area (Å²) in [4.78, 5) is 4.48. The third-order valence-corrected chi connectivity index (χ3v) is 10.1. The summed E-state index contributed by atoms with van der Waals surface area (Å²) in [5.41, 5.74) is 5.65. The molecule has 0 saturated carbocycles. The standard InChI is InChI=1S/C10H16OSi.C9H13.CH2.Ti/c1-8-5-9(11)7-10(6-8)12(2,3)4;1-6-5-7(2)9(4)8(6)3;;/h5-7,11H,1-4H3;6H,1-4H3;1H2;/q;;;+1/p-1. The molecular formula is C20H30OSiTi. The topological polar surface area (TPSA) is 9.23 Å². The van der Waals surface area contributed by atoms with Gasteiger partial charge in [0.1, 0.15) is 0 Å². The Bertz CT molecular complexity index is 720. The molecular weight excluding hydrogens is 332 g/mol. The van der Waals surface area contributed by atoms with Gasteiger partial charge in [-0.1, -0.05) is 0 Å². The molecule has 1 aromatic carbocycles. The molecule has 1 aromatic rings. The summed E-state index contributed by atoms with van der Waals surface area (Å²) >= 11 is -1.97. The third kappa shape index (κ3) is 3.87. The third-order valence-electron chi connectivity index (χ3n) is 5.10. The first-order valence-corrected chi connectivity index (χ1v) is 14.4. The van der Waals surface area contributed by atoms with Crippen molar-refractivity contribution in [2.75, 3.05) is 0 Å². The first kappa shape index (κ1) is 18.6. The van der Waals surface area contributed by atoms with Gasteiger partial charge in [-0.2, -0.15) is 0 Å². The molecule has 0 heterocycles. The second kappa shape index (κ2) is 6.66. The Kier molecular flexibility index (Phi) is 5.40. The Morgan fingerprint density at radius 3 is 2.09 bits per heavy atom. The van der Waals surface area contributed by atoms with E-state index in [1.807, 2.05) is 0 Å². The van der Waals surface area contributed by atoms with Crippen LogP contribution in [-0.4, -0.2) is 12.9 Å². The van der Waals surface area contributed by atoms with Crippen molar-refractivity contribution >= 4 is 18.1 Å². The van der Waals surface area contributed by atoms with Crippen LogP contribution in [0.2, 0.25) is 19.6 Å². The molecule has 3 heteroatoms. The number of hydrogen-bond acceptors (Lipinski definition) is 1. The van der Waals surface area contributed by atoms with Crippen molar-refractivity contribution in [1.29, 1.82) is 0 Å². The number of rotatable bonds is 4. The van der Waals surface area contributed by atoms with Crippen LogP contribution in [0.4, 0.5) is 0 Å². The molecule has 0 saturated heterocycles. The Labute approximate surface area is 149 Å². The zero-order valence-electron chi connectivity index (χ0n) is 15.9. The van der Waals surface area contributed by atoms with Gasteiger partial charge in [-0.15, -0.1) is 0 Å². The molecule has 124 valence electrons. The minimum absolute atomic E-state index is 0.503. The van der Waals surface area contributed by atoms with Gasteiger partial charge in [0, 0.05) is 0 Å². The summed E-state index contributed by atoms with van der Waals surface area (Å²) < 4.78 is 7.94. The van der Waals surface area contributed by atoms with Crippen LogP contribution in [0.1, 0.15) is 33.3 Å². The molecule has 0 radical (unpaired) electrons. The predicted molar refractivity (Wildman–Crippen MR) is 102 cm³/mol. The van der Waals surface area contributed by atoms with E-state index in [1.165, 1.54) is 31.3 Å². The van der Waals surface area contributed by atoms with Gasteiger partial charge in [0.15, 0.2) is 0 Å². The number of aryl methyl sites for hydroxylation is 1. The Morgan fingerprint density at radius 1 is 1.00 bits per heavy atom. The Balaban J connectivity index is 2.31. The van der Waals surface area contributed by atoms with Gasteiger partial charge in [0.05, 0.1) is 0 Å². The first-order valence-electron chi connectivity index (χ1n) is 8.40. The van der Waals surface area contributed by atoms with Crippen LogP contribution in [0.15, 0.2) is 38.8 Å². The van der Waals surface area contributed by atoms with Crippen LogP contribution < -0.4 is 8.51 Å². The molecule has 0 fully saturated rings. The van der Waals surface area contributed by atoms with Gasteiger partial charge in [0.25, 0.3) is 0 Å². The van der Waals surface area contributed by atoms with E-state index >= 15 is 0 Å². The molecule has 1 nitrogen and oxygen atoms in total. The molecule has 0 aliphatic heterocycles. The number of benzene rings is 1. The van der Waals surface area contributed by atoms with Gasteiger partial charge >= 0.3 is 149 Å². The van der Waals surface area contributed by atoms with Gasteiger partial charge in [-0.05, 0) is 0 Å². The molecule has 0 spiro atoms. The van der Waals surface area contributed by atoms with Crippen molar-refractivity contribution < 1.29 is 21.1 Å². The average Bonchev–Trinajstić information content (AvgIpc) is 2.61. The van der Waals surface area contributed by atoms with E-state index in [-0.39, 0.29) is 0 Å². The second-order valence-corrected chi connectivity index (χ2v) is 15.4. The summed E-state index contributed by atoms with van der Waals surface area (Å²) in [5.74, 6) is 1.53. The van der Waals surface area contributed by atoms with Crippen molar-refractivity contribution in [3.63, 3.8) is 0 Å². The number of allylic oxidation sites excluding steroid dienone is 4. The van der Waals surface area contributed by atoms with Crippen molar-refractivity contribution in [2.45, 2.75) is 54.3 Å². The molecule has 2 rings (SSSR count). The SMILES string of the molecule is [CH2]=[Ti]([O]c1cc(C)cc([Si](C)(C)C)c1)[C]1=C(C)C(C)=C(C)C1C. The van der Waals surface area contributed by atoms with Crippen LogP contribution in [0.3, 0.4) is 0 Å². The Morgan fingerprint density at radius 2 is 1.61 bits per heavy atom. The summed E-state index contributed by atoms with van der Waals surface area (Å²) in [6.07, 6.45) is 0. The second-order valence-electron chi connectivity index (χ2n) is 7.88. The summed E-state index contributed by atoms with van der Waals surface area (Å²) in [6, 6.07) is 6.75. The van der Waals surface area contributed by atoms with Crippen LogP contribution in [0.25, 0.3) is 0 Å². The van der Waals surface area contributed by atoms with Crippen LogP contribution in [0.5, 0.6) is 5.75 Å². The molecule has 1 unspecified atom stereocenters. The first-order chi connectivity index (χ1) is 10.5. The van der Waals surface area contributed by atoms with E-state index in [1.54, 1.807) is 0 Å². The van der Waals surface area contributed by atoms with E-state index in [2.05, 4.69) is 77.3 Å². The zero-order valence-corrected chi connectivity index (χ0v) is 18.5. The maximum atomic E-state index is 6.45. The molecule has 0 amide bonds. The van der Waals surface area contributed by atoms with Crippen LogP contribution in [0, 0.1) is 12.8 Å².